The van der Waals surface area contributed by atoms with Gasteiger partial charge in [-0.2, -0.15) is 5.10 Å². The number of aromatic amines is 1. The topological polar surface area (TPSA) is 88.5 Å². The smallest absolute Gasteiger partial charge is 0.254 e. The van der Waals surface area contributed by atoms with E-state index in [2.05, 4.69) is 25.8 Å². The van der Waals surface area contributed by atoms with Crippen LogP contribution in [0.3, 0.4) is 0 Å². The lowest BCUT2D eigenvalue weighted by Gasteiger charge is -2.21. The molecular weight excluding hydrogens is 268 g/mol. The lowest BCUT2D eigenvalue weighted by Crippen LogP contribution is -2.28. The van der Waals surface area contributed by atoms with Gasteiger partial charge in [-0.05, 0) is 12.8 Å². The number of aromatic nitrogens is 5. The molecule has 0 unspecified atom stereocenters. The molecule has 2 N–H and O–H groups in total. The molecule has 0 aromatic carbocycles. The van der Waals surface area contributed by atoms with Gasteiger partial charge in [-0.3, -0.25) is 14.6 Å². The van der Waals surface area contributed by atoms with Crippen LogP contribution in [0.25, 0.3) is 0 Å². The average Bonchev–Trinajstić information content (AvgIpc) is 3.19. The summed E-state index contributed by atoms with van der Waals surface area (Å²) in [5, 5.41) is 17.6. The van der Waals surface area contributed by atoms with Gasteiger partial charge in [0.15, 0.2) is 0 Å². The number of carbonyl (C=O) groups is 1. The summed E-state index contributed by atoms with van der Waals surface area (Å²) < 4.78 is 1.69. The van der Waals surface area contributed by atoms with Gasteiger partial charge in [-0.15, -0.1) is 5.10 Å². The number of nitrogens with one attached hydrogen (secondary N) is 2. The minimum Gasteiger partial charge on any atom is -0.350 e. The van der Waals surface area contributed by atoms with Crippen molar-refractivity contribution in [1.29, 1.82) is 0 Å². The molecule has 1 aliphatic carbocycles. The number of nitrogens with zero attached hydrogens (tertiary/aromatic N) is 4. The second kappa shape index (κ2) is 6.51. The van der Waals surface area contributed by atoms with E-state index in [1.165, 1.54) is 19.3 Å². The van der Waals surface area contributed by atoms with Crippen LogP contribution in [0.4, 0.5) is 0 Å². The molecule has 3 rings (SSSR count). The van der Waals surface area contributed by atoms with Gasteiger partial charge in [0.05, 0.1) is 30.2 Å². The van der Waals surface area contributed by atoms with Crippen LogP contribution in [0.2, 0.25) is 0 Å². The molecule has 2 heterocycles. The molecular formula is C14H20N6O. The predicted octanol–water partition coefficient (Wildman–Crippen LogP) is 1.48. The van der Waals surface area contributed by atoms with E-state index in [-0.39, 0.29) is 5.91 Å². The molecule has 0 spiro atoms. The third-order valence-electron chi connectivity index (χ3n) is 4.03. The summed E-state index contributed by atoms with van der Waals surface area (Å²) in [6.45, 7) is 1.14. The number of amides is 1. The maximum Gasteiger partial charge on any atom is 0.254 e. The van der Waals surface area contributed by atoms with Crippen molar-refractivity contribution in [2.45, 2.75) is 44.6 Å². The van der Waals surface area contributed by atoms with E-state index >= 15 is 0 Å². The quantitative estimate of drug-likeness (QED) is 0.872. The normalized spacial score (nSPS) is 16.0. The standard InChI is InChI=1S/C14H20N6O/c21-14(15-6-8-20-9-7-16-19-20)12-10-17-18-13(12)11-4-2-1-3-5-11/h7,9-11H,1-6,8H2,(H,15,21)(H,17,18). The Morgan fingerprint density at radius 2 is 2.24 bits per heavy atom. The van der Waals surface area contributed by atoms with Gasteiger partial charge in [0.2, 0.25) is 0 Å². The van der Waals surface area contributed by atoms with Gasteiger partial charge in [0, 0.05) is 18.7 Å². The predicted molar refractivity (Wildman–Crippen MR) is 76.8 cm³/mol. The highest BCUT2D eigenvalue weighted by molar-refractivity contribution is 5.95. The molecule has 2 aromatic heterocycles. The molecule has 7 nitrogen and oxygen atoms in total. The number of rotatable bonds is 5. The first kappa shape index (κ1) is 13.8. The summed E-state index contributed by atoms with van der Waals surface area (Å²) in [4.78, 5) is 12.3. The summed E-state index contributed by atoms with van der Waals surface area (Å²) in [6, 6.07) is 0. The van der Waals surface area contributed by atoms with Crippen LogP contribution < -0.4 is 5.32 Å². The first-order valence-electron chi connectivity index (χ1n) is 7.50. The fourth-order valence-corrected chi connectivity index (χ4v) is 2.91. The van der Waals surface area contributed by atoms with Crippen molar-refractivity contribution >= 4 is 5.91 Å². The summed E-state index contributed by atoms with van der Waals surface area (Å²) >= 11 is 0. The second-order valence-electron chi connectivity index (χ2n) is 5.45. The van der Waals surface area contributed by atoms with Crippen LogP contribution in [0, 0.1) is 0 Å². The molecule has 112 valence electrons. The summed E-state index contributed by atoms with van der Waals surface area (Å²) in [5.41, 5.74) is 1.67. The summed E-state index contributed by atoms with van der Waals surface area (Å²) in [7, 11) is 0. The van der Waals surface area contributed by atoms with Gasteiger partial charge in [-0.25, -0.2) is 0 Å². The van der Waals surface area contributed by atoms with Gasteiger partial charge in [-0.1, -0.05) is 24.5 Å². The van der Waals surface area contributed by atoms with Crippen molar-refractivity contribution in [1.82, 2.24) is 30.5 Å². The highest BCUT2D eigenvalue weighted by atomic mass is 16.1. The zero-order valence-corrected chi connectivity index (χ0v) is 12.0. The highest BCUT2D eigenvalue weighted by Crippen LogP contribution is 2.32. The Kier molecular flexibility index (Phi) is 4.28. The van der Waals surface area contributed by atoms with Gasteiger partial charge < -0.3 is 5.32 Å². The molecule has 1 aliphatic rings. The molecule has 7 heteroatoms. The van der Waals surface area contributed by atoms with Crippen LogP contribution in [0.1, 0.15) is 54.1 Å². The van der Waals surface area contributed by atoms with Gasteiger partial charge in [0.1, 0.15) is 0 Å². The van der Waals surface area contributed by atoms with E-state index in [1.54, 1.807) is 23.3 Å². The molecule has 1 saturated carbocycles. The van der Waals surface area contributed by atoms with Crippen molar-refractivity contribution in [2.24, 2.45) is 0 Å². The summed E-state index contributed by atoms with van der Waals surface area (Å²) in [5.74, 6) is 0.377. The van der Waals surface area contributed by atoms with Gasteiger partial charge in [0.25, 0.3) is 5.91 Å². The highest BCUT2D eigenvalue weighted by Gasteiger charge is 2.23. The van der Waals surface area contributed by atoms with Crippen molar-refractivity contribution in [3.8, 4) is 0 Å². The molecule has 0 bridgehead atoms. The van der Waals surface area contributed by atoms with Crippen LogP contribution in [0.15, 0.2) is 18.6 Å². The maximum atomic E-state index is 12.3. The Morgan fingerprint density at radius 1 is 1.38 bits per heavy atom. The van der Waals surface area contributed by atoms with Crippen molar-refractivity contribution < 1.29 is 4.79 Å². The van der Waals surface area contributed by atoms with Crippen LogP contribution >= 0.6 is 0 Å². The fraction of sp³-hybridized carbons (Fsp3) is 0.571. The molecule has 1 fully saturated rings. The number of hydrogen-bond donors (Lipinski definition) is 2. The van der Waals surface area contributed by atoms with E-state index < -0.39 is 0 Å². The first-order chi connectivity index (χ1) is 10.3. The molecule has 21 heavy (non-hydrogen) atoms. The zero-order valence-electron chi connectivity index (χ0n) is 12.0. The molecule has 0 aliphatic heterocycles. The van der Waals surface area contributed by atoms with Crippen molar-refractivity contribution in [3.05, 3.63) is 29.8 Å². The van der Waals surface area contributed by atoms with E-state index in [1.807, 2.05) is 0 Å². The Balaban J connectivity index is 1.58. The third-order valence-corrected chi connectivity index (χ3v) is 4.03. The lowest BCUT2D eigenvalue weighted by molar-refractivity contribution is 0.0950. The zero-order chi connectivity index (χ0) is 14.5. The van der Waals surface area contributed by atoms with E-state index in [4.69, 9.17) is 0 Å². The molecule has 1 amide bonds. The lowest BCUT2D eigenvalue weighted by atomic mass is 9.85. The minimum absolute atomic E-state index is 0.0653. The number of H-pyrrole nitrogens is 1. The Bertz CT molecular complexity index is 570. The van der Waals surface area contributed by atoms with Gasteiger partial charge >= 0.3 is 0 Å². The first-order valence-corrected chi connectivity index (χ1v) is 7.50. The van der Waals surface area contributed by atoms with Crippen molar-refractivity contribution in [3.63, 3.8) is 0 Å². The molecule has 0 radical (unpaired) electrons. The fourth-order valence-electron chi connectivity index (χ4n) is 2.91. The average molecular weight is 288 g/mol. The minimum atomic E-state index is -0.0653. The Morgan fingerprint density at radius 3 is 3.00 bits per heavy atom. The SMILES string of the molecule is O=C(NCCn1ccnn1)c1cn[nH]c1C1CCCCC1. The van der Waals surface area contributed by atoms with Crippen LogP contribution in [-0.4, -0.2) is 37.6 Å². The molecule has 2 aromatic rings. The van der Waals surface area contributed by atoms with E-state index in [0.29, 0.717) is 24.6 Å². The van der Waals surface area contributed by atoms with E-state index in [0.717, 1.165) is 18.5 Å². The third kappa shape index (κ3) is 3.29. The van der Waals surface area contributed by atoms with Crippen LogP contribution in [-0.2, 0) is 6.54 Å². The van der Waals surface area contributed by atoms with Crippen molar-refractivity contribution in [2.75, 3.05) is 6.54 Å². The Labute approximate surface area is 123 Å². The Hall–Kier alpha value is -2.18. The number of carbonyl (C=O) groups excluding carboxylic acids is 1. The second-order valence-corrected chi connectivity index (χ2v) is 5.45. The monoisotopic (exact) mass is 288 g/mol. The van der Waals surface area contributed by atoms with Crippen LogP contribution in [0.5, 0.6) is 0 Å². The molecule has 0 saturated heterocycles. The van der Waals surface area contributed by atoms with E-state index in [9.17, 15) is 4.79 Å². The number of hydrogen-bond acceptors (Lipinski definition) is 4. The molecule has 0 atom stereocenters. The maximum absolute atomic E-state index is 12.3. The largest absolute Gasteiger partial charge is 0.350 e. The summed E-state index contributed by atoms with van der Waals surface area (Å²) in [6.07, 6.45) is 11.1.